The third-order valence-corrected chi connectivity index (χ3v) is 4.77. The van der Waals surface area contributed by atoms with Crippen LogP contribution in [-0.2, 0) is 11.0 Å². The largest absolute Gasteiger partial charge is 1.00 e. The molecule has 0 bridgehead atoms. The van der Waals surface area contributed by atoms with Crippen LogP contribution in [0.2, 0.25) is 0 Å². The molecule has 3 aromatic rings. The molecule has 0 amide bonds. The minimum absolute atomic E-state index is 0. The van der Waals surface area contributed by atoms with E-state index < -0.39 is 54.7 Å². The summed E-state index contributed by atoms with van der Waals surface area (Å²) in [6, 6.07) is 9.15. The molecule has 0 aliphatic heterocycles. The number of carbonyl (C=O) groups excluding carboxylic acids is 1. The second-order valence-corrected chi connectivity index (χ2v) is 7.39. The van der Waals surface area contributed by atoms with Gasteiger partial charge in [0, 0.05) is 36.1 Å². The number of halogens is 5. The Bertz CT molecular complexity index is 1180. The maximum absolute atomic E-state index is 13.9. The fourth-order valence-electron chi connectivity index (χ4n) is 3.29. The van der Waals surface area contributed by atoms with Crippen LogP contribution in [0.4, 0.5) is 22.0 Å². The Morgan fingerprint density at radius 1 is 1.00 bits per heavy atom. The Hall–Kier alpha value is -2.57. The summed E-state index contributed by atoms with van der Waals surface area (Å²) in [7, 11) is 0. The van der Waals surface area contributed by atoms with Crippen molar-refractivity contribution in [2.24, 2.45) is 0 Å². The second-order valence-electron chi connectivity index (χ2n) is 7.39. The topological polar surface area (TPSA) is 98.4 Å². The molecule has 2 N–H and O–H groups in total. The molecule has 3 rings (SSSR count). The van der Waals surface area contributed by atoms with Gasteiger partial charge in [-0.25, -0.2) is 13.8 Å². The number of carbonyl (C=O) groups is 1. The van der Waals surface area contributed by atoms with Crippen molar-refractivity contribution in [2.45, 2.75) is 31.2 Å². The van der Waals surface area contributed by atoms with E-state index >= 15 is 0 Å². The maximum Gasteiger partial charge on any atom is 1.00 e. The fraction of sp³-hybridized carbons (Fsp3) is 0.217. The van der Waals surface area contributed by atoms with Crippen molar-refractivity contribution in [3.8, 4) is 22.5 Å². The molecule has 0 aliphatic carbocycles. The molecule has 35 heavy (non-hydrogen) atoms. The first-order valence-corrected chi connectivity index (χ1v) is 9.91. The van der Waals surface area contributed by atoms with E-state index in [1.165, 1.54) is 24.3 Å². The minimum atomic E-state index is -4.95. The van der Waals surface area contributed by atoms with Gasteiger partial charge < -0.3 is 20.1 Å². The first-order chi connectivity index (χ1) is 16.0. The summed E-state index contributed by atoms with van der Waals surface area (Å²) in [6.07, 6.45) is -7.38. The van der Waals surface area contributed by atoms with Crippen molar-refractivity contribution in [3.05, 3.63) is 72.1 Å². The summed E-state index contributed by atoms with van der Waals surface area (Å²) in [5.74, 6) is -4.16. The number of aliphatic hydroxyl groups is 2. The monoisotopic (exact) mass is 504 g/mol. The van der Waals surface area contributed by atoms with Crippen LogP contribution in [0.15, 0.2) is 54.6 Å². The number of benzene rings is 2. The zero-order chi connectivity index (χ0) is 25.0. The van der Waals surface area contributed by atoms with Gasteiger partial charge in [-0.15, -0.1) is 0 Å². The van der Waals surface area contributed by atoms with Crippen LogP contribution in [0.5, 0.6) is 0 Å². The van der Waals surface area contributed by atoms with Crippen LogP contribution >= 0.6 is 0 Å². The summed E-state index contributed by atoms with van der Waals surface area (Å²) < 4.78 is 69.1. The number of hydrogen-bond acceptors (Lipinski definition) is 5. The molecule has 0 spiro atoms. The van der Waals surface area contributed by atoms with Crippen LogP contribution in [-0.4, -0.2) is 37.9 Å². The molecular formula is C23H18F5N2NaO4. The third-order valence-electron chi connectivity index (χ3n) is 4.77. The smallest absolute Gasteiger partial charge is 0.550 e. The number of carboxylic acids is 1. The number of aliphatic carboxylic acids is 1. The Morgan fingerprint density at radius 3 is 2.00 bits per heavy atom. The van der Waals surface area contributed by atoms with Gasteiger partial charge in [-0.1, -0.05) is 0 Å². The van der Waals surface area contributed by atoms with Gasteiger partial charge >= 0.3 is 35.7 Å². The van der Waals surface area contributed by atoms with Gasteiger partial charge in [0.25, 0.3) is 0 Å². The van der Waals surface area contributed by atoms with Gasteiger partial charge in [-0.2, -0.15) is 13.2 Å². The van der Waals surface area contributed by atoms with Crippen LogP contribution in [0.1, 0.15) is 18.7 Å². The number of aromatic nitrogens is 2. The van der Waals surface area contributed by atoms with Crippen LogP contribution in [0.3, 0.4) is 0 Å². The molecule has 0 saturated heterocycles. The number of alkyl halides is 3. The van der Waals surface area contributed by atoms with E-state index in [1.54, 1.807) is 0 Å². The van der Waals surface area contributed by atoms with Gasteiger partial charge in [-0.3, -0.25) is 4.57 Å². The predicted molar refractivity (Wildman–Crippen MR) is 110 cm³/mol. The van der Waals surface area contributed by atoms with Gasteiger partial charge in [0.15, 0.2) is 0 Å². The summed E-state index contributed by atoms with van der Waals surface area (Å²) in [5.41, 5.74) is 0.0240. The number of aliphatic hydroxyl groups excluding tert-OH is 2. The molecule has 2 aromatic carbocycles. The molecule has 0 saturated carbocycles. The molecule has 180 valence electrons. The molecule has 1 heterocycles. The normalized spacial score (nSPS) is 13.5. The van der Waals surface area contributed by atoms with Gasteiger partial charge in [-0.05, 0) is 54.6 Å². The minimum Gasteiger partial charge on any atom is -0.550 e. The fourth-order valence-corrected chi connectivity index (χ4v) is 3.29. The van der Waals surface area contributed by atoms with Crippen LogP contribution < -0.4 is 34.7 Å². The number of hydrogen-bond donors (Lipinski definition) is 2. The van der Waals surface area contributed by atoms with Crippen molar-refractivity contribution in [2.75, 3.05) is 0 Å². The molecule has 1 aromatic heterocycles. The zero-order valence-electron chi connectivity index (χ0n) is 18.3. The number of rotatable bonds is 8. The average Bonchev–Trinajstić information content (AvgIpc) is 3.12. The quantitative estimate of drug-likeness (QED) is 0.339. The van der Waals surface area contributed by atoms with E-state index in [0.717, 1.165) is 36.5 Å². The van der Waals surface area contributed by atoms with Gasteiger partial charge in [0.1, 0.15) is 11.6 Å². The number of carboxylic acid groups (broad SMARTS) is 1. The molecule has 6 nitrogen and oxygen atoms in total. The molecule has 0 aliphatic rings. The molecule has 2 atom stereocenters. The summed E-state index contributed by atoms with van der Waals surface area (Å²) in [6.45, 7) is 0. The Kier molecular flexibility index (Phi) is 9.76. The molecular weight excluding hydrogens is 486 g/mol. The predicted octanol–water partition coefficient (Wildman–Crippen LogP) is 0.241. The van der Waals surface area contributed by atoms with Crippen molar-refractivity contribution < 1.29 is 71.6 Å². The molecule has 2 unspecified atom stereocenters. The Balaban J connectivity index is 0.00000432. The first-order valence-electron chi connectivity index (χ1n) is 9.91. The van der Waals surface area contributed by atoms with E-state index in [4.69, 9.17) is 0 Å². The van der Waals surface area contributed by atoms with Crippen molar-refractivity contribution in [3.63, 3.8) is 0 Å². The van der Waals surface area contributed by atoms with E-state index in [-0.39, 0.29) is 52.1 Å². The zero-order valence-corrected chi connectivity index (χ0v) is 20.3. The van der Waals surface area contributed by atoms with E-state index in [1.807, 2.05) is 0 Å². The van der Waals surface area contributed by atoms with Crippen molar-refractivity contribution in [1.82, 2.24) is 9.55 Å². The molecule has 0 radical (unpaired) electrons. The molecule has 12 heteroatoms. The molecule has 0 fully saturated rings. The van der Waals surface area contributed by atoms with Crippen LogP contribution in [0, 0.1) is 11.6 Å². The summed E-state index contributed by atoms with van der Waals surface area (Å²) in [4.78, 5) is 14.3. The Labute approximate surface area is 218 Å². The van der Waals surface area contributed by atoms with Gasteiger partial charge in [0.2, 0.25) is 5.82 Å². The Morgan fingerprint density at radius 2 is 1.51 bits per heavy atom. The van der Waals surface area contributed by atoms with Crippen molar-refractivity contribution in [1.29, 1.82) is 0 Å². The first kappa shape index (κ1) is 28.7. The van der Waals surface area contributed by atoms with E-state index in [2.05, 4.69) is 4.98 Å². The number of nitrogens with zero attached hydrogens (tertiary/aromatic N) is 2. The van der Waals surface area contributed by atoms with E-state index in [9.17, 15) is 42.1 Å². The average molecular weight is 504 g/mol. The summed E-state index contributed by atoms with van der Waals surface area (Å²) in [5, 5.41) is 30.2. The second kappa shape index (κ2) is 11.9. The van der Waals surface area contributed by atoms with E-state index in [0.29, 0.717) is 4.57 Å². The van der Waals surface area contributed by atoms with Crippen LogP contribution in [0.25, 0.3) is 28.7 Å². The van der Waals surface area contributed by atoms with Gasteiger partial charge in [0.05, 0.1) is 23.6 Å². The maximum atomic E-state index is 13.9. The number of imidazole rings is 1. The summed E-state index contributed by atoms with van der Waals surface area (Å²) >= 11 is 0. The third kappa shape index (κ3) is 7.45. The van der Waals surface area contributed by atoms with Crippen molar-refractivity contribution >= 4 is 12.2 Å². The standard InChI is InChI=1S/C23H19F5N2O4.Na/c24-15-5-1-13(2-6-15)20-21(14-3-7-16(25)8-4-14)30(22(29-20)23(26,27)28)10-9-17(31)11-18(32)12-19(33)34;/h1-10,17-18,31-32H,11-12H2,(H,33,34);/q;+1/p-1/b10-9+;. The SMILES string of the molecule is O=C([O-])CC(O)CC(O)/C=C/n1c(C(F)(F)F)nc(-c2ccc(F)cc2)c1-c1ccc(F)cc1.[Na+].